The predicted octanol–water partition coefficient (Wildman–Crippen LogP) is 7.40. The summed E-state index contributed by atoms with van der Waals surface area (Å²) in [5, 5.41) is 27.4. The van der Waals surface area contributed by atoms with E-state index >= 15 is 0 Å². The normalized spacial score (nSPS) is 11.9. The molecule has 0 bridgehead atoms. The zero-order valence-corrected chi connectivity index (χ0v) is 25.2. The standard InChI is InChI=1S/C31H27BrN6O3S/c1-2-3-10-27-33-17-21(15-20(31(39)40)16-22-7-6-13-42-22)38(27)18-19-11-12-26-25(14-19)28(32)29(41-26)23-8-4-5-9-24(23)30-34-36-37-35-30/h4-9,11-15,17H,2-3,10,16,18H2,1H3,(H,39,40)(H,34,35,36,37)/b20-15-. The van der Waals surface area contributed by atoms with E-state index in [4.69, 9.17) is 9.40 Å². The summed E-state index contributed by atoms with van der Waals surface area (Å²) in [6, 6.07) is 17.8. The van der Waals surface area contributed by atoms with Crippen LogP contribution in [0.15, 0.2) is 80.6 Å². The predicted molar refractivity (Wildman–Crippen MR) is 166 cm³/mol. The Labute approximate surface area is 254 Å². The van der Waals surface area contributed by atoms with Crippen LogP contribution < -0.4 is 0 Å². The number of unbranched alkanes of at least 4 members (excludes halogenated alkanes) is 1. The number of fused-ring (bicyclic) bond motifs is 1. The van der Waals surface area contributed by atoms with Gasteiger partial charge in [0.25, 0.3) is 0 Å². The minimum Gasteiger partial charge on any atom is -0.478 e. The summed E-state index contributed by atoms with van der Waals surface area (Å²) in [6.45, 7) is 2.69. The molecule has 4 heterocycles. The average Bonchev–Trinajstić information content (AvgIpc) is 3.82. The number of hydrogen-bond donors (Lipinski definition) is 2. The second kappa shape index (κ2) is 12.3. The Kier molecular flexibility index (Phi) is 8.11. The van der Waals surface area contributed by atoms with E-state index < -0.39 is 5.97 Å². The van der Waals surface area contributed by atoms with Crippen LogP contribution in [0, 0.1) is 0 Å². The van der Waals surface area contributed by atoms with Crippen LogP contribution in [0.5, 0.6) is 0 Å². The molecule has 0 aliphatic heterocycles. The summed E-state index contributed by atoms with van der Waals surface area (Å²) >= 11 is 5.34. The SMILES string of the molecule is CCCCc1ncc(/C=C(/Cc2cccs2)C(=O)O)n1Cc1ccc2oc(-c3ccccc3-c3nn[nH]n3)c(Br)c2c1. The highest BCUT2D eigenvalue weighted by molar-refractivity contribution is 9.10. The molecule has 0 radical (unpaired) electrons. The van der Waals surface area contributed by atoms with Crippen LogP contribution in [-0.4, -0.2) is 41.3 Å². The molecule has 2 N–H and O–H groups in total. The number of furan rings is 1. The van der Waals surface area contributed by atoms with Crippen molar-refractivity contribution in [1.82, 2.24) is 30.2 Å². The van der Waals surface area contributed by atoms with Gasteiger partial charge in [-0.15, -0.1) is 21.5 Å². The third-order valence-electron chi connectivity index (χ3n) is 7.06. The summed E-state index contributed by atoms with van der Waals surface area (Å²) in [5.41, 5.74) is 4.54. The second-order valence-corrected chi connectivity index (χ2v) is 11.7. The first kappa shape index (κ1) is 27.8. The van der Waals surface area contributed by atoms with Gasteiger partial charge in [0.05, 0.1) is 16.4 Å². The number of nitrogens with zero attached hydrogens (tertiary/aromatic N) is 5. The molecule has 0 aliphatic rings. The number of carbonyl (C=O) groups is 1. The molecule has 42 heavy (non-hydrogen) atoms. The van der Waals surface area contributed by atoms with Gasteiger partial charge in [-0.3, -0.25) is 0 Å². The number of rotatable bonds is 11. The molecule has 0 saturated heterocycles. The summed E-state index contributed by atoms with van der Waals surface area (Å²) in [4.78, 5) is 17.9. The molecular formula is C31H27BrN6O3S. The minimum absolute atomic E-state index is 0.332. The van der Waals surface area contributed by atoms with Crippen molar-refractivity contribution >= 4 is 50.3 Å². The van der Waals surface area contributed by atoms with Gasteiger partial charge >= 0.3 is 5.97 Å². The molecule has 11 heteroatoms. The number of carboxylic acid groups (broad SMARTS) is 1. The molecule has 0 aliphatic carbocycles. The Morgan fingerprint density at radius 1 is 1.17 bits per heavy atom. The Morgan fingerprint density at radius 3 is 2.76 bits per heavy atom. The van der Waals surface area contributed by atoms with E-state index in [1.54, 1.807) is 23.6 Å². The van der Waals surface area contributed by atoms with Gasteiger partial charge in [-0.2, -0.15) is 5.21 Å². The fourth-order valence-electron chi connectivity index (χ4n) is 4.95. The number of tetrazole rings is 1. The van der Waals surface area contributed by atoms with Crippen LogP contribution in [0.4, 0.5) is 0 Å². The molecule has 0 atom stereocenters. The van der Waals surface area contributed by atoms with Gasteiger partial charge in [-0.05, 0) is 62.8 Å². The lowest BCUT2D eigenvalue weighted by Gasteiger charge is -2.12. The molecule has 0 fully saturated rings. The number of aryl methyl sites for hydroxylation is 1. The third-order valence-corrected chi connectivity index (χ3v) is 8.72. The molecule has 0 amide bonds. The first-order chi connectivity index (χ1) is 20.5. The number of thiophene rings is 1. The van der Waals surface area contributed by atoms with Gasteiger partial charge in [-0.25, -0.2) is 9.78 Å². The van der Waals surface area contributed by atoms with E-state index in [1.807, 2.05) is 53.9 Å². The van der Waals surface area contributed by atoms with Crippen LogP contribution in [0.1, 0.15) is 41.7 Å². The first-order valence-corrected chi connectivity index (χ1v) is 15.2. The van der Waals surface area contributed by atoms with Gasteiger partial charge in [0.2, 0.25) is 5.82 Å². The Hall–Kier alpha value is -4.35. The van der Waals surface area contributed by atoms with Crippen LogP contribution in [0.3, 0.4) is 0 Å². The third kappa shape index (κ3) is 5.70. The molecule has 0 unspecified atom stereocenters. The Morgan fingerprint density at radius 2 is 2.02 bits per heavy atom. The van der Waals surface area contributed by atoms with Crippen molar-refractivity contribution in [1.29, 1.82) is 0 Å². The molecule has 6 rings (SSSR count). The molecule has 0 spiro atoms. The lowest BCUT2D eigenvalue weighted by atomic mass is 10.0. The van der Waals surface area contributed by atoms with Gasteiger partial charge in [0.1, 0.15) is 17.2 Å². The van der Waals surface area contributed by atoms with Gasteiger partial charge in [0, 0.05) is 46.3 Å². The van der Waals surface area contributed by atoms with E-state index in [1.165, 1.54) is 0 Å². The van der Waals surface area contributed by atoms with E-state index in [0.29, 0.717) is 30.1 Å². The first-order valence-electron chi connectivity index (χ1n) is 13.6. The van der Waals surface area contributed by atoms with Crippen molar-refractivity contribution in [3.8, 4) is 22.7 Å². The monoisotopic (exact) mass is 642 g/mol. The highest BCUT2D eigenvalue weighted by Gasteiger charge is 2.20. The number of H-pyrrole nitrogens is 1. The van der Waals surface area contributed by atoms with Gasteiger partial charge in [0.15, 0.2) is 0 Å². The fourth-order valence-corrected chi connectivity index (χ4v) is 6.28. The minimum atomic E-state index is -0.927. The molecule has 0 saturated carbocycles. The van der Waals surface area contributed by atoms with Crippen molar-refractivity contribution in [3.05, 3.63) is 98.2 Å². The zero-order valence-electron chi connectivity index (χ0n) is 22.7. The van der Waals surface area contributed by atoms with Crippen molar-refractivity contribution < 1.29 is 14.3 Å². The Bertz CT molecular complexity index is 1870. The van der Waals surface area contributed by atoms with Gasteiger partial charge in [-0.1, -0.05) is 49.7 Å². The van der Waals surface area contributed by atoms with Crippen LogP contribution in [-0.2, 0) is 24.2 Å². The molecule has 4 aromatic heterocycles. The number of aliphatic carboxylic acids is 1. The van der Waals surface area contributed by atoms with Crippen LogP contribution in [0.25, 0.3) is 39.8 Å². The maximum Gasteiger partial charge on any atom is 0.332 e. The van der Waals surface area contributed by atoms with Crippen molar-refractivity contribution in [2.75, 3.05) is 0 Å². The fraction of sp³-hybridized carbons (Fsp3) is 0.194. The van der Waals surface area contributed by atoms with Crippen molar-refractivity contribution in [2.45, 2.75) is 39.2 Å². The molecule has 6 aromatic rings. The lowest BCUT2D eigenvalue weighted by molar-refractivity contribution is -0.132. The van der Waals surface area contributed by atoms with E-state index in [-0.39, 0.29) is 0 Å². The highest BCUT2D eigenvalue weighted by Crippen LogP contribution is 2.41. The molecular weight excluding hydrogens is 616 g/mol. The number of imidazole rings is 1. The maximum absolute atomic E-state index is 12.2. The number of aromatic amines is 1. The number of benzene rings is 2. The summed E-state index contributed by atoms with van der Waals surface area (Å²) < 4.78 is 9.27. The number of nitrogens with one attached hydrogen (secondary N) is 1. The smallest absolute Gasteiger partial charge is 0.332 e. The lowest BCUT2D eigenvalue weighted by Crippen LogP contribution is -2.09. The van der Waals surface area contributed by atoms with Crippen LogP contribution in [0.2, 0.25) is 0 Å². The van der Waals surface area contributed by atoms with Crippen molar-refractivity contribution in [2.24, 2.45) is 0 Å². The summed E-state index contributed by atoms with van der Waals surface area (Å²) in [5.74, 6) is 1.17. The number of carboxylic acids is 1. The number of aromatic nitrogens is 6. The Balaban J connectivity index is 1.37. The number of halogens is 1. The van der Waals surface area contributed by atoms with Crippen LogP contribution >= 0.6 is 27.3 Å². The average molecular weight is 644 g/mol. The van der Waals surface area contributed by atoms with Crippen molar-refractivity contribution in [3.63, 3.8) is 0 Å². The summed E-state index contributed by atoms with van der Waals surface area (Å²) in [6.07, 6.45) is 6.75. The van der Waals surface area contributed by atoms with E-state index in [2.05, 4.69) is 54.1 Å². The largest absolute Gasteiger partial charge is 0.478 e. The quantitative estimate of drug-likeness (QED) is 0.141. The molecule has 9 nitrogen and oxygen atoms in total. The summed E-state index contributed by atoms with van der Waals surface area (Å²) in [7, 11) is 0. The zero-order chi connectivity index (χ0) is 29.1. The maximum atomic E-state index is 12.2. The second-order valence-electron chi connectivity index (χ2n) is 9.88. The van der Waals surface area contributed by atoms with E-state index in [0.717, 1.165) is 67.8 Å². The molecule has 212 valence electrons. The highest BCUT2D eigenvalue weighted by atomic mass is 79.9. The van der Waals surface area contributed by atoms with E-state index in [9.17, 15) is 9.90 Å². The van der Waals surface area contributed by atoms with Gasteiger partial charge < -0.3 is 14.1 Å². The topological polar surface area (TPSA) is 123 Å². The molecule has 2 aromatic carbocycles. The number of hydrogen-bond acceptors (Lipinski definition) is 7.